The molecule has 4 rings (SSSR count). The number of aryl methyl sites for hydroxylation is 1. The van der Waals surface area contributed by atoms with Gasteiger partial charge in [-0.25, -0.2) is 9.97 Å². The van der Waals surface area contributed by atoms with E-state index in [1.165, 1.54) is 0 Å². The van der Waals surface area contributed by atoms with Gasteiger partial charge in [-0.15, -0.1) is 0 Å². The second-order valence-electron chi connectivity index (χ2n) is 8.94. The van der Waals surface area contributed by atoms with Crippen LogP contribution in [-0.2, 0) is 11.3 Å². The average Bonchev–Trinajstić information content (AvgIpc) is 2.83. The van der Waals surface area contributed by atoms with Crippen molar-refractivity contribution < 1.29 is 4.79 Å². The summed E-state index contributed by atoms with van der Waals surface area (Å²) in [7, 11) is 0. The quantitative estimate of drug-likeness (QED) is 0.546. The second-order valence-corrected chi connectivity index (χ2v) is 8.94. The minimum Gasteiger partial charge on any atom is -0.354 e. The van der Waals surface area contributed by atoms with Crippen LogP contribution in [0.1, 0.15) is 36.8 Å². The van der Waals surface area contributed by atoms with E-state index in [4.69, 9.17) is 4.98 Å². The zero-order valence-corrected chi connectivity index (χ0v) is 19.8. The Morgan fingerprint density at radius 1 is 0.939 bits per heavy atom. The first kappa shape index (κ1) is 22.9. The summed E-state index contributed by atoms with van der Waals surface area (Å²) in [4.78, 5) is 29.2. The van der Waals surface area contributed by atoms with Crippen molar-refractivity contribution in [3.63, 3.8) is 0 Å². The minimum absolute atomic E-state index is 0.124. The van der Waals surface area contributed by atoms with Gasteiger partial charge in [-0.3, -0.25) is 9.69 Å². The monoisotopic (exact) mass is 443 g/mol. The summed E-state index contributed by atoms with van der Waals surface area (Å²) in [5.74, 6) is 2.31. The number of nitrogens with zero attached hydrogens (tertiary/aromatic N) is 5. The molecule has 0 saturated carbocycles. The van der Waals surface area contributed by atoms with Crippen LogP contribution in [0.15, 0.2) is 66.7 Å². The Hall–Kier alpha value is -3.25. The highest BCUT2D eigenvalue weighted by molar-refractivity contribution is 5.94. The number of hydrogen-bond donors (Lipinski definition) is 0. The molecule has 1 aliphatic rings. The molecule has 6 nitrogen and oxygen atoms in total. The number of amides is 1. The third-order valence-corrected chi connectivity index (χ3v) is 5.98. The molecule has 33 heavy (non-hydrogen) atoms. The van der Waals surface area contributed by atoms with Gasteiger partial charge in [0.15, 0.2) is 0 Å². The van der Waals surface area contributed by atoms with Gasteiger partial charge in [-0.05, 0) is 24.6 Å². The van der Waals surface area contributed by atoms with Gasteiger partial charge in [0.25, 0.3) is 0 Å². The summed E-state index contributed by atoms with van der Waals surface area (Å²) in [5, 5.41) is 0. The SMILES string of the molecule is Cc1cc(N2CCN(CC(=O)N(Cc3ccccc3)c3ccccc3)CC2)nc(C(C)C)n1. The van der Waals surface area contributed by atoms with E-state index in [0.717, 1.165) is 54.8 Å². The zero-order chi connectivity index (χ0) is 23.2. The maximum Gasteiger partial charge on any atom is 0.241 e. The minimum atomic E-state index is 0.124. The van der Waals surface area contributed by atoms with Crippen molar-refractivity contribution in [3.05, 3.63) is 83.8 Å². The fourth-order valence-corrected chi connectivity index (χ4v) is 4.10. The molecule has 0 bridgehead atoms. The van der Waals surface area contributed by atoms with Crippen molar-refractivity contribution in [2.75, 3.05) is 42.5 Å². The normalized spacial score (nSPS) is 14.5. The Labute approximate surface area is 196 Å². The predicted molar refractivity (Wildman–Crippen MR) is 134 cm³/mol. The van der Waals surface area contributed by atoms with E-state index >= 15 is 0 Å². The van der Waals surface area contributed by atoms with Crippen LogP contribution in [-0.4, -0.2) is 53.5 Å². The topological polar surface area (TPSA) is 52.6 Å². The van der Waals surface area contributed by atoms with Crippen molar-refractivity contribution in [1.29, 1.82) is 0 Å². The molecule has 2 aromatic carbocycles. The zero-order valence-electron chi connectivity index (χ0n) is 19.8. The molecule has 2 heterocycles. The molecule has 0 aliphatic carbocycles. The summed E-state index contributed by atoms with van der Waals surface area (Å²) < 4.78 is 0. The maximum absolute atomic E-state index is 13.4. The van der Waals surface area contributed by atoms with Crippen molar-refractivity contribution in [2.24, 2.45) is 0 Å². The van der Waals surface area contributed by atoms with Gasteiger partial charge >= 0.3 is 0 Å². The van der Waals surface area contributed by atoms with Gasteiger partial charge in [0.05, 0.1) is 13.1 Å². The molecule has 1 saturated heterocycles. The lowest BCUT2D eigenvalue weighted by atomic mass is 10.2. The van der Waals surface area contributed by atoms with E-state index in [9.17, 15) is 4.79 Å². The van der Waals surface area contributed by atoms with Crippen LogP contribution in [0.2, 0.25) is 0 Å². The number of anilines is 2. The van der Waals surface area contributed by atoms with Gasteiger partial charge in [0.1, 0.15) is 11.6 Å². The van der Waals surface area contributed by atoms with Crippen LogP contribution in [0.25, 0.3) is 0 Å². The number of rotatable bonds is 7. The summed E-state index contributed by atoms with van der Waals surface area (Å²) in [6.07, 6.45) is 0. The Morgan fingerprint density at radius 2 is 1.58 bits per heavy atom. The van der Waals surface area contributed by atoms with Gasteiger partial charge in [0, 0.05) is 49.5 Å². The molecule has 172 valence electrons. The van der Waals surface area contributed by atoms with E-state index in [2.05, 4.69) is 46.8 Å². The third-order valence-electron chi connectivity index (χ3n) is 5.98. The molecular formula is C27H33N5O. The van der Waals surface area contributed by atoms with Gasteiger partial charge in [-0.2, -0.15) is 0 Å². The second kappa shape index (κ2) is 10.6. The Morgan fingerprint density at radius 3 is 2.21 bits per heavy atom. The van der Waals surface area contributed by atoms with Crippen LogP contribution < -0.4 is 9.80 Å². The molecule has 0 N–H and O–H groups in total. The molecule has 0 radical (unpaired) electrons. The molecule has 1 aromatic heterocycles. The van der Waals surface area contributed by atoms with Crippen molar-refractivity contribution in [1.82, 2.24) is 14.9 Å². The first-order valence-corrected chi connectivity index (χ1v) is 11.7. The Balaban J connectivity index is 1.41. The first-order valence-electron chi connectivity index (χ1n) is 11.7. The molecule has 0 spiro atoms. The summed E-state index contributed by atoms with van der Waals surface area (Å²) in [6, 6.07) is 22.2. The van der Waals surface area contributed by atoms with Crippen LogP contribution in [0.5, 0.6) is 0 Å². The van der Waals surface area contributed by atoms with E-state index in [-0.39, 0.29) is 5.91 Å². The maximum atomic E-state index is 13.4. The van der Waals surface area contributed by atoms with Crippen LogP contribution in [0.4, 0.5) is 11.5 Å². The predicted octanol–water partition coefficient (Wildman–Crippen LogP) is 4.26. The standard InChI is InChI=1S/C27H33N5O/c1-21(2)27-28-22(3)18-25(29-27)31-16-14-30(15-17-31)20-26(33)32(24-12-8-5-9-13-24)19-23-10-6-4-7-11-23/h4-13,18,21H,14-17,19-20H2,1-3H3. The number of aromatic nitrogens is 2. The lowest BCUT2D eigenvalue weighted by Crippen LogP contribution is -2.50. The number of benzene rings is 2. The molecule has 1 aliphatic heterocycles. The Bertz CT molecular complexity index is 1050. The number of carbonyl (C=O) groups is 1. The van der Waals surface area contributed by atoms with Crippen molar-refractivity contribution >= 4 is 17.4 Å². The van der Waals surface area contributed by atoms with Crippen LogP contribution in [0, 0.1) is 6.92 Å². The smallest absolute Gasteiger partial charge is 0.241 e. The van der Waals surface area contributed by atoms with Crippen molar-refractivity contribution in [3.8, 4) is 0 Å². The van der Waals surface area contributed by atoms with E-state index in [1.54, 1.807) is 0 Å². The molecule has 6 heteroatoms. The molecule has 0 unspecified atom stereocenters. The van der Waals surface area contributed by atoms with Gasteiger partial charge < -0.3 is 9.80 Å². The van der Waals surface area contributed by atoms with E-state index in [1.807, 2.05) is 60.4 Å². The van der Waals surface area contributed by atoms with Crippen LogP contribution in [0.3, 0.4) is 0 Å². The fourth-order valence-electron chi connectivity index (χ4n) is 4.10. The van der Waals surface area contributed by atoms with Gasteiger partial charge in [-0.1, -0.05) is 62.4 Å². The summed E-state index contributed by atoms with van der Waals surface area (Å²) >= 11 is 0. The number of carbonyl (C=O) groups excluding carboxylic acids is 1. The molecular weight excluding hydrogens is 410 g/mol. The highest BCUT2D eigenvalue weighted by Crippen LogP contribution is 2.20. The Kier molecular flexibility index (Phi) is 7.35. The van der Waals surface area contributed by atoms with E-state index in [0.29, 0.717) is 19.0 Å². The number of piperazine rings is 1. The molecule has 3 aromatic rings. The lowest BCUT2D eigenvalue weighted by molar-refractivity contribution is -0.120. The average molecular weight is 444 g/mol. The summed E-state index contributed by atoms with van der Waals surface area (Å²) in [5.41, 5.74) is 3.06. The van der Waals surface area contributed by atoms with Gasteiger partial charge in [0.2, 0.25) is 5.91 Å². The third kappa shape index (κ3) is 5.96. The number of para-hydroxylation sites is 1. The highest BCUT2D eigenvalue weighted by atomic mass is 16.2. The molecule has 1 fully saturated rings. The fraction of sp³-hybridized carbons (Fsp3) is 0.370. The largest absolute Gasteiger partial charge is 0.354 e. The van der Waals surface area contributed by atoms with Crippen molar-refractivity contribution in [2.45, 2.75) is 33.2 Å². The summed E-state index contributed by atoms with van der Waals surface area (Å²) in [6.45, 7) is 10.6. The first-order chi connectivity index (χ1) is 16.0. The lowest BCUT2D eigenvalue weighted by Gasteiger charge is -2.36. The highest BCUT2D eigenvalue weighted by Gasteiger charge is 2.24. The molecule has 0 atom stereocenters. The van der Waals surface area contributed by atoms with Crippen LogP contribution >= 0.6 is 0 Å². The molecule has 1 amide bonds. The number of hydrogen-bond acceptors (Lipinski definition) is 5. The van der Waals surface area contributed by atoms with E-state index < -0.39 is 0 Å².